The van der Waals surface area contributed by atoms with Crippen LogP contribution in [0.2, 0.25) is 0 Å². The number of carbonyl (C=O) groups excluding carboxylic acids is 2. The van der Waals surface area contributed by atoms with E-state index in [0.717, 1.165) is 27.7 Å². The lowest BCUT2D eigenvalue weighted by Gasteiger charge is -2.23. The quantitative estimate of drug-likeness (QED) is 0.355. The zero-order chi connectivity index (χ0) is 26.6. The van der Waals surface area contributed by atoms with Gasteiger partial charge in [0, 0.05) is 30.7 Å². The number of methoxy groups -OCH3 is 1. The van der Waals surface area contributed by atoms with Gasteiger partial charge in [-0.25, -0.2) is 4.68 Å². The van der Waals surface area contributed by atoms with Crippen LogP contribution in [0.3, 0.4) is 0 Å². The molecule has 0 radical (unpaired) electrons. The summed E-state index contributed by atoms with van der Waals surface area (Å²) in [6.07, 6.45) is 0. The van der Waals surface area contributed by atoms with Gasteiger partial charge in [-0.05, 0) is 41.5 Å². The molecule has 7 nitrogen and oxygen atoms in total. The number of fused-ring (bicyclic) bond motifs is 1. The van der Waals surface area contributed by atoms with Crippen LogP contribution >= 0.6 is 0 Å². The molecule has 0 bridgehead atoms. The molecule has 0 aliphatic carbocycles. The summed E-state index contributed by atoms with van der Waals surface area (Å²) >= 11 is 0. The summed E-state index contributed by atoms with van der Waals surface area (Å²) in [6, 6.07) is 23.2. The van der Waals surface area contributed by atoms with Gasteiger partial charge in [0.25, 0.3) is 5.91 Å². The second-order valence-corrected chi connectivity index (χ2v) is 10.2. The molecule has 1 heterocycles. The van der Waals surface area contributed by atoms with E-state index in [1.807, 2.05) is 73.7 Å². The van der Waals surface area contributed by atoms with Crippen molar-refractivity contribution in [2.24, 2.45) is 0 Å². The van der Waals surface area contributed by atoms with Gasteiger partial charge >= 0.3 is 0 Å². The summed E-state index contributed by atoms with van der Waals surface area (Å²) in [5.74, 6) is 0.0374. The van der Waals surface area contributed by atoms with Crippen molar-refractivity contribution in [3.63, 3.8) is 0 Å². The van der Waals surface area contributed by atoms with Crippen molar-refractivity contribution in [3.05, 3.63) is 89.6 Å². The third-order valence-electron chi connectivity index (χ3n) is 6.20. The molecule has 0 unspecified atom stereocenters. The molecule has 4 rings (SSSR count). The Hall–Kier alpha value is -3.97. The number of benzene rings is 3. The molecule has 0 saturated carbocycles. The van der Waals surface area contributed by atoms with Crippen LogP contribution in [-0.2, 0) is 14.9 Å². The zero-order valence-electron chi connectivity index (χ0n) is 22.1. The maximum atomic E-state index is 13.6. The lowest BCUT2D eigenvalue weighted by atomic mass is 9.92. The van der Waals surface area contributed by atoms with Crippen LogP contribution in [0, 0.1) is 6.92 Å². The molecule has 4 aromatic rings. The number of nitrogens with zero attached hydrogens (tertiary/aromatic N) is 3. The van der Waals surface area contributed by atoms with Crippen molar-refractivity contribution in [1.82, 2.24) is 14.7 Å². The van der Waals surface area contributed by atoms with E-state index in [0.29, 0.717) is 18.0 Å². The van der Waals surface area contributed by atoms with Crippen LogP contribution in [0.1, 0.15) is 42.4 Å². The molecule has 37 heavy (non-hydrogen) atoms. The number of nitrogens with one attached hydrogen (secondary N) is 1. The van der Waals surface area contributed by atoms with E-state index < -0.39 is 0 Å². The zero-order valence-corrected chi connectivity index (χ0v) is 22.1. The van der Waals surface area contributed by atoms with Gasteiger partial charge in [0.15, 0.2) is 0 Å². The maximum absolute atomic E-state index is 13.6. The van der Waals surface area contributed by atoms with Crippen molar-refractivity contribution in [2.75, 3.05) is 32.1 Å². The number of aryl methyl sites for hydroxylation is 1. The fraction of sp³-hybridized carbons (Fsp3) is 0.300. The summed E-state index contributed by atoms with van der Waals surface area (Å²) in [5.41, 5.74) is 3.15. The standard InChI is InChI=1S/C30H34N4O3/c1-21-10-8-13-23(18-21)34-27(19-26(32-34)30(2,3)4)31-28(35)20-33(16-17-37-5)29(36)25-15-9-12-22-11-6-7-14-24(22)25/h6-15,18-19H,16-17,20H2,1-5H3,(H,31,35). The highest BCUT2D eigenvalue weighted by molar-refractivity contribution is 6.08. The van der Waals surface area contributed by atoms with Gasteiger partial charge < -0.3 is 15.0 Å². The summed E-state index contributed by atoms with van der Waals surface area (Å²) < 4.78 is 6.98. The van der Waals surface area contributed by atoms with Gasteiger partial charge in [-0.15, -0.1) is 0 Å². The molecular formula is C30H34N4O3. The number of hydrogen-bond acceptors (Lipinski definition) is 4. The van der Waals surface area contributed by atoms with E-state index in [4.69, 9.17) is 9.84 Å². The second kappa shape index (κ2) is 11.0. The van der Waals surface area contributed by atoms with Gasteiger partial charge in [0.1, 0.15) is 12.4 Å². The van der Waals surface area contributed by atoms with Crippen molar-refractivity contribution in [3.8, 4) is 5.69 Å². The minimum absolute atomic E-state index is 0.116. The Kier molecular flexibility index (Phi) is 7.74. The highest BCUT2D eigenvalue weighted by Gasteiger charge is 2.24. The lowest BCUT2D eigenvalue weighted by Crippen LogP contribution is -2.40. The Balaban J connectivity index is 1.62. The smallest absolute Gasteiger partial charge is 0.255 e. The summed E-state index contributed by atoms with van der Waals surface area (Å²) in [7, 11) is 1.58. The Morgan fingerprint density at radius 2 is 1.73 bits per heavy atom. The number of hydrogen-bond donors (Lipinski definition) is 1. The number of rotatable bonds is 8. The van der Waals surface area contributed by atoms with E-state index in [-0.39, 0.29) is 30.3 Å². The molecule has 3 aromatic carbocycles. The van der Waals surface area contributed by atoms with Gasteiger partial charge in [0.2, 0.25) is 5.91 Å². The normalized spacial score (nSPS) is 11.5. The molecule has 0 aliphatic heterocycles. The number of carbonyl (C=O) groups is 2. The molecule has 1 N–H and O–H groups in total. The Bertz CT molecular complexity index is 1410. The second-order valence-electron chi connectivity index (χ2n) is 10.2. The Labute approximate surface area is 218 Å². The van der Waals surface area contributed by atoms with E-state index in [1.54, 1.807) is 17.9 Å². The van der Waals surface area contributed by atoms with Crippen molar-refractivity contribution in [2.45, 2.75) is 33.1 Å². The number of anilines is 1. The molecule has 0 saturated heterocycles. The third-order valence-corrected chi connectivity index (χ3v) is 6.20. The molecule has 1 aromatic heterocycles. The Morgan fingerprint density at radius 3 is 2.46 bits per heavy atom. The number of ether oxygens (including phenoxy) is 1. The van der Waals surface area contributed by atoms with Gasteiger partial charge in [-0.2, -0.15) is 5.10 Å². The predicted octanol–water partition coefficient (Wildman–Crippen LogP) is 5.36. The molecule has 2 amide bonds. The van der Waals surface area contributed by atoms with E-state index in [1.165, 1.54) is 4.90 Å². The average molecular weight is 499 g/mol. The fourth-order valence-corrected chi connectivity index (χ4v) is 4.19. The summed E-state index contributed by atoms with van der Waals surface area (Å²) in [6.45, 7) is 8.75. The monoisotopic (exact) mass is 498 g/mol. The highest BCUT2D eigenvalue weighted by Crippen LogP contribution is 2.27. The predicted molar refractivity (Wildman–Crippen MR) is 147 cm³/mol. The summed E-state index contributed by atoms with van der Waals surface area (Å²) in [5, 5.41) is 9.62. The first-order valence-corrected chi connectivity index (χ1v) is 12.4. The highest BCUT2D eigenvalue weighted by atomic mass is 16.5. The average Bonchev–Trinajstić information content (AvgIpc) is 3.30. The van der Waals surface area contributed by atoms with Crippen LogP contribution < -0.4 is 5.32 Å². The molecule has 192 valence electrons. The fourth-order valence-electron chi connectivity index (χ4n) is 4.19. The molecule has 0 aliphatic rings. The van der Waals surface area contributed by atoms with Crippen molar-refractivity contribution >= 4 is 28.4 Å². The van der Waals surface area contributed by atoms with Crippen LogP contribution in [0.5, 0.6) is 0 Å². The van der Waals surface area contributed by atoms with Crippen molar-refractivity contribution in [1.29, 1.82) is 0 Å². The van der Waals surface area contributed by atoms with Crippen LogP contribution in [-0.4, -0.2) is 53.3 Å². The maximum Gasteiger partial charge on any atom is 0.255 e. The third kappa shape index (κ3) is 6.06. The molecule has 0 atom stereocenters. The van der Waals surface area contributed by atoms with Crippen LogP contribution in [0.4, 0.5) is 5.82 Å². The van der Waals surface area contributed by atoms with Gasteiger partial charge in [-0.1, -0.05) is 69.3 Å². The number of amides is 2. The molecule has 0 fully saturated rings. The van der Waals surface area contributed by atoms with E-state index >= 15 is 0 Å². The lowest BCUT2D eigenvalue weighted by molar-refractivity contribution is -0.117. The number of aromatic nitrogens is 2. The van der Waals surface area contributed by atoms with Gasteiger partial charge in [0.05, 0.1) is 18.0 Å². The largest absolute Gasteiger partial charge is 0.383 e. The first-order valence-electron chi connectivity index (χ1n) is 12.4. The first-order chi connectivity index (χ1) is 17.7. The molecule has 0 spiro atoms. The summed E-state index contributed by atoms with van der Waals surface area (Å²) in [4.78, 5) is 28.4. The SMILES string of the molecule is COCCN(CC(=O)Nc1cc(C(C)(C)C)nn1-c1cccc(C)c1)C(=O)c1cccc2ccccc12. The van der Waals surface area contributed by atoms with E-state index in [9.17, 15) is 9.59 Å². The Morgan fingerprint density at radius 1 is 1.00 bits per heavy atom. The first kappa shape index (κ1) is 26.1. The molecular weight excluding hydrogens is 464 g/mol. The minimum Gasteiger partial charge on any atom is -0.383 e. The van der Waals surface area contributed by atoms with Crippen LogP contribution in [0.25, 0.3) is 16.5 Å². The topological polar surface area (TPSA) is 76.5 Å². The molecule has 7 heteroatoms. The van der Waals surface area contributed by atoms with Gasteiger partial charge in [-0.3, -0.25) is 9.59 Å². The van der Waals surface area contributed by atoms with E-state index in [2.05, 4.69) is 26.1 Å². The minimum atomic E-state index is -0.307. The van der Waals surface area contributed by atoms with Crippen molar-refractivity contribution < 1.29 is 14.3 Å². The van der Waals surface area contributed by atoms with Crippen LogP contribution in [0.15, 0.2) is 72.8 Å².